The Hall–Kier alpha value is -2.76. The van der Waals surface area contributed by atoms with Crippen molar-refractivity contribution in [1.29, 1.82) is 21.0 Å². The molecule has 0 amide bonds. The molecule has 1 aromatic rings. The van der Waals surface area contributed by atoms with E-state index in [9.17, 15) is 15.8 Å². The molecule has 17 heavy (non-hydrogen) atoms. The molecule has 1 fully saturated rings. The van der Waals surface area contributed by atoms with Gasteiger partial charge in [-0.15, -0.1) is 0 Å². The van der Waals surface area contributed by atoms with E-state index in [0.717, 1.165) is 0 Å². The van der Waals surface area contributed by atoms with Crippen molar-refractivity contribution >= 4 is 0 Å². The Labute approximate surface area is 98.3 Å². The zero-order valence-electron chi connectivity index (χ0n) is 8.83. The van der Waals surface area contributed by atoms with Crippen LogP contribution in [0.25, 0.3) is 0 Å². The minimum atomic E-state index is -1.59. The van der Waals surface area contributed by atoms with Gasteiger partial charge in [0.25, 0.3) is 0 Å². The van der Waals surface area contributed by atoms with Crippen LogP contribution >= 0.6 is 0 Å². The predicted molar refractivity (Wildman–Crippen MR) is 55.4 cm³/mol. The Morgan fingerprint density at radius 2 is 1.59 bits per heavy atom. The Balaban J connectivity index is 2.63. The van der Waals surface area contributed by atoms with Gasteiger partial charge in [0, 0.05) is 18.8 Å². The van der Waals surface area contributed by atoms with Gasteiger partial charge >= 0.3 is 0 Å². The number of aromatic nitrogens is 1. The van der Waals surface area contributed by atoms with E-state index in [4.69, 9.17) is 5.26 Å². The lowest BCUT2D eigenvalue weighted by atomic mass is 9.50. The van der Waals surface area contributed by atoms with Gasteiger partial charge in [0.2, 0.25) is 0 Å². The summed E-state index contributed by atoms with van der Waals surface area (Å²) in [7, 11) is 0. The monoisotopic (exact) mass is 221 g/mol. The molecule has 80 valence electrons. The molecular formula is C12H7N5. The minimum Gasteiger partial charge on any atom is -0.333 e. The molecule has 1 aliphatic rings. The van der Waals surface area contributed by atoms with E-state index in [0.29, 0.717) is 0 Å². The summed E-state index contributed by atoms with van der Waals surface area (Å²) >= 11 is 0. The van der Waals surface area contributed by atoms with E-state index < -0.39 is 16.9 Å². The molecule has 1 aromatic heterocycles. The van der Waals surface area contributed by atoms with E-state index in [-0.39, 0.29) is 6.42 Å². The Kier molecular flexibility index (Phi) is 2.13. The molecule has 2 unspecified atom stereocenters. The number of nitriles is 4. The maximum Gasteiger partial charge on any atom is 0.196 e. The summed E-state index contributed by atoms with van der Waals surface area (Å²) in [5, 5.41) is 36.7. The topological polar surface area (TPSA) is 100 Å². The zero-order valence-corrected chi connectivity index (χ0v) is 8.83. The van der Waals surface area contributed by atoms with Crippen molar-refractivity contribution in [3.63, 3.8) is 0 Å². The standard InChI is InChI=1S/C12H7N5/c13-6-10-5-12(9-16,11(10,7-14)8-15)17-3-1-2-4-17/h1-4,10H,5H2. The third-order valence-corrected chi connectivity index (χ3v) is 3.41. The van der Waals surface area contributed by atoms with Crippen molar-refractivity contribution in [3.8, 4) is 24.3 Å². The highest BCUT2D eigenvalue weighted by molar-refractivity contribution is 5.42. The first-order valence-electron chi connectivity index (χ1n) is 4.97. The van der Waals surface area contributed by atoms with Crippen molar-refractivity contribution in [2.24, 2.45) is 11.3 Å². The summed E-state index contributed by atoms with van der Waals surface area (Å²) in [6, 6.07) is 11.2. The van der Waals surface area contributed by atoms with Crippen molar-refractivity contribution in [3.05, 3.63) is 24.5 Å². The highest BCUT2D eigenvalue weighted by Crippen LogP contribution is 2.58. The Bertz CT molecular complexity index is 587. The van der Waals surface area contributed by atoms with Crippen LogP contribution in [-0.2, 0) is 5.54 Å². The number of hydrogen-bond donors (Lipinski definition) is 0. The van der Waals surface area contributed by atoms with E-state index >= 15 is 0 Å². The van der Waals surface area contributed by atoms with Crippen LogP contribution in [0, 0.1) is 56.7 Å². The van der Waals surface area contributed by atoms with Crippen LogP contribution in [0.5, 0.6) is 0 Å². The van der Waals surface area contributed by atoms with Crippen molar-refractivity contribution in [2.45, 2.75) is 12.0 Å². The van der Waals surface area contributed by atoms with Crippen LogP contribution in [0.2, 0.25) is 0 Å². The van der Waals surface area contributed by atoms with Gasteiger partial charge in [-0.25, -0.2) is 0 Å². The summed E-state index contributed by atoms with van der Waals surface area (Å²) in [4.78, 5) is 0. The van der Waals surface area contributed by atoms with Crippen molar-refractivity contribution < 1.29 is 0 Å². The fourth-order valence-electron chi connectivity index (χ4n) is 2.36. The first-order chi connectivity index (χ1) is 8.20. The normalized spacial score (nSPS) is 28.8. The lowest BCUT2D eigenvalue weighted by Gasteiger charge is -2.50. The highest BCUT2D eigenvalue weighted by atomic mass is 15.1. The van der Waals surface area contributed by atoms with Crippen molar-refractivity contribution in [1.82, 2.24) is 4.57 Å². The zero-order chi connectivity index (χ0) is 12.5. The Morgan fingerprint density at radius 1 is 1.00 bits per heavy atom. The maximum absolute atomic E-state index is 9.34. The molecule has 1 aliphatic carbocycles. The first-order valence-corrected chi connectivity index (χ1v) is 4.97. The van der Waals surface area contributed by atoms with Crippen LogP contribution in [0.4, 0.5) is 0 Å². The van der Waals surface area contributed by atoms with E-state index in [1.54, 1.807) is 29.1 Å². The number of nitrogens with zero attached hydrogens (tertiary/aromatic N) is 5. The van der Waals surface area contributed by atoms with Gasteiger partial charge < -0.3 is 4.57 Å². The first kappa shape index (κ1) is 10.7. The number of rotatable bonds is 1. The lowest BCUT2D eigenvalue weighted by molar-refractivity contribution is 0.0341. The van der Waals surface area contributed by atoms with Crippen molar-refractivity contribution in [2.75, 3.05) is 0 Å². The highest BCUT2D eigenvalue weighted by Gasteiger charge is 2.70. The molecule has 5 heteroatoms. The van der Waals surface area contributed by atoms with Gasteiger partial charge in [-0.05, 0) is 12.1 Å². The van der Waals surface area contributed by atoms with E-state index in [1.165, 1.54) is 0 Å². The second-order valence-corrected chi connectivity index (χ2v) is 3.98. The third kappa shape index (κ3) is 0.984. The van der Waals surface area contributed by atoms with Gasteiger partial charge in [0.15, 0.2) is 11.0 Å². The smallest absolute Gasteiger partial charge is 0.196 e. The molecule has 0 saturated heterocycles. The summed E-state index contributed by atoms with van der Waals surface area (Å²) < 4.78 is 1.55. The second-order valence-electron chi connectivity index (χ2n) is 3.98. The SMILES string of the molecule is N#CC1CC(C#N)(n2cccc2)C1(C#N)C#N. The largest absolute Gasteiger partial charge is 0.333 e. The summed E-state index contributed by atoms with van der Waals surface area (Å²) in [5.41, 5.74) is -2.84. The Morgan fingerprint density at radius 3 is 2.00 bits per heavy atom. The van der Waals surface area contributed by atoms with Gasteiger partial charge in [-0.1, -0.05) is 0 Å². The molecule has 0 aromatic carbocycles. The summed E-state index contributed by atoms with van der Waals surface area (Å²) in [6.45, 7) is 0. The molecule has 2 atom stereocenters. The molecule has 0 radical (unpaired) electrons. The molecule has 0 aliphatic heterocycles. The fourth-order valence-corrected chi connectivity index (χ4v) is 2.36. The molecule has 0 N–H and O–H groups in total. The third-order valence-electron chi connectivity index (χ3n) is 3.41. The molecule has 1 heterocycles. The molecule has 0 spiro atoms. The maximum atomic E-state index is 9.34. The molecule has 1 saturated carbocycles. The van der Waals surface area contributed by atoms with Crippen LogP contribution in [0.3, 0.4) is 0 Å². The predicted octanol–water partition coefficient (Wildman–Crippen LogP) is 1.28. The van der Waals surface area contributed by atoms with E-state index in [2.05, 4.69) is 0 Å². The number of hydrogen-bond acceptors (Lipinski definition) is 4. The summed E-state index contributed by atoms with van der Waals surface area (Å²) in [5.74, 6) is -0.723. The molecular weight excluding hydrogens is 214 g/mol. The molecule has 2 rings (SSSR count). The van der Waals surface area contributed by atoms with Crippen LogP contribution in [0.15, 0.2) is 24.5 Å². The quantitative estimate of drug-likeness (QED) is 0.712. The summed E-state index contributed by atoms with van der Waals surface area (Å²) in [6.07, 6.45) is 3.48. The van der Waals surface area contributed by atoms with Gasteiger partial charge in [-0.2, -0.15) is 21.0 Å². The van der Waals surface area contributed by atoms with Gasteiger partial charge in [-0.3, -0.25) is 0 Å². The average molecular weight is 221 g/mol. The molecule has 5 nitrogen and oxygen atoms in total. The molecule has 0 bridgehead atoms. The minimum absolute atomic E-state index is 0.204. The average Bonchev–Trinajstić information content (AvgIpc) is 2.85. The van der Waals surface area contributed by atoms with Gasteiger partial charge in [0.1, 0.15) is 0 Å². The van der Waals surface area contributed by atoms with Crippen LogP contribution < -0.4 is 0 Å². The lowest BCUT2D eigenvalue weighted by Crippen LogP contribution is -2.61. The van der Waals surface area contributed by atoms with Crippen LogP contribution in [-0.4, -0.2) is 4.57 Å². The fraction of sp³-hybridized carbons (Fsp3) is 0.333. The van der Waals surface area contributed by atoms with Gasteiger partial charge in [0.05, 0.1) is 30.2 Å². The second kappa shape index (κ2) is 3.38. The van der Waals surface area contributed by atoms with Crippen LogP contribution in [0.1, 0.15) is 6.42 Å². The van der Waals surface area contributed by atoms with E-state index in [1.807, 2.05) is 24.3 Å².